The number of aromatic nitrogens is 3. The first-order valence-electron chi connectivity index (χ1n) is 19.1. The van der Waals surface area contributed by atoms with Crippen molar-refractivity contribution in [2.45, 2.75) is 79.9 Å². The van der Waals surface area contributed by atoms with E-state index in [1.165, 1.54) is 27.4 Å². The molecule has 283 valence electrons. The van der Waals surface area contributed by atoms with E-state index in [0.717, 1.165) is 67.7 Å². The Morgan fingerprint density at radius 3 is 2.20 bits per heavy atom. The minimum absolute atomic E-state index is 0. The molecule has 0 bridgehead atoms. The first-order valence-corrected chi connectivity index (χ1v) is 22.6. The normalized spacial score (nSPS) is 11.9. The van der Waals surface area contributed by atoms with E-state index in [1.54, 1.807) is 0 Å². The summed E-state index contributed by atoms with van der Waals surface area (Å²) in [6.07, 6.45) is 3.25. The van der Waals surface area contributed by atoms with Crippen molar-refractivity contribution in [3.8, 4) is 28.3 Å². The Hall–Kier alpha value is -4.61. The third-order valence-electron chi connectivity index (χ3n) is 10.2. The second-order valence-corrected chi connectivity index (χ2v) is 22.0. The zero-order valence-electron chi connectivity index (χ0n) is 33.8. The van der Waals surface area contributed by atoms with Gasteiger partial charge in [0.05, 0.1) is 30.5 Å². The molecule has 0 atom stereocenters. The molecular weight excluding hydrogens is 867 g/mol. The minimum atomic E-state index is -1.38. The summed E-state index contributed by atoms with van der Waals surface area (Å²) in [6.45, 7) is 22.8. The van der Waals surface area contributed by atoms with Gasteiger partial charge >= 0.3 is 0 Å². The Morgan fingerprint density at radius 1 is 0.818 bits per heavy atom. The number of nitrogens with zero attached hydrogens (tertiary/aromatic N) is 3. The molecule has 0 unspecified atom stereocenters. The van der Waals surface area contributed by atoms with E-state index in [4.69, 9.17) is 14.4 Å². The molecule has 0 N–H and O–H groups in total. The van der Waals surface area contributed by atoms with Crippen LogP contribution < -0.4 is 5.19 Å². The van der Waals surface area contributed by atoms with E-state index in [2.05, 4.69) is 164 Å². The van der Waals surface area contributed by atoms with Crippen LogP contribution in [0.1, 0.15) is 56.9 Å². The van der Waals surface area contributed by atoms with Crippen LogP contribution in [0.4, 0.5) is 0 Å². The van der Waals surface area contributed by atoms with E-state index in [9.17, 15) is 0 Å². The monoisotopic (exact) mass is 918 g/mol. The summed E-state index contributed by atoms with van der Waals surface area (Å²) in [4.78, 5) is 9.81. The van der Waals surface area contributed by atoms with Crippen molar-refractivity contribution in [3.05, 3.63) is 144 Å². The third kappa shape index (κ3) is 8.19. The van der Waals surface area contributed by atoms with Gasteiger partial charge in [0.25, 0.3) is 0 Å². The number of furan rings is 1. The molecule has 0 spiro atoms. The summed E-state index contributed by atoms with van der Waals surface area (Å²) >= 11 is 0. The van der Waals surface area contributed by atoms with Gasteiger partial charge in [-0.05, 0) is 71.8 Å². The van der Waals surface area contributed by atoms with Crippen molar-refractivity contribution in [3.63, 3.8) is 0 Å². The van der Waals surface area contributed by atoms with E-state index < -0.39 is 8.07 Å². The number of hydrogen-bond acceptors (Lipinski definition) is 3. The molecule has 55 heavy (non-hydrogen) atoms. The average molecular weight is 918 g/mol. The molecule has 8 aromatic rings. The molecule has 5 aromatic carbocycles. The maximum Gasteiger partial charge on any atom is 0.120 e. The van der Waals surface area contributed by atoms with E-state index in [1.807, 2.05) is 30.3 Å². The average Bonchev–Trinajstić information content (AvgIpc) is 3.70. The molecule has 0 aliphatic heterocycles. The van der Waals surface area contributed by atoms with Crippen molar-refractivity contribution in [2.75, 3.05) is 0 Å². The minimum Gasteiger partial charge on any atom is -0.501 e. The number of pyridine rings is 1. The van der Waals surface area contributed by atoms with Gasteiger partial charge in [0, 0.05) is 37.4 Å². The van der Waals surface area contributed by atoms with Gasteiger partial charge in [0.1, 0.15) is 5.58 Å². The van der Waals surface area contributed by atoms with Crippen molar-refractivity contribution in [1.82, 2.24) is 14.5 Å². The fourth-order valence-electron chi connectivity index (χ4n) is 7.41. The van der Waals surface area contributed by atoms with Crippen LogP contribution in [0.15, 0.2) is 114 Å². The zero-order valence-corrected chi connectivity index (χ0v) is 37.2. The summed E-state index contributed by atoms with van der Waals surface area (Å²) in [5.74, 6) is 1.50. The largest absolute Gasteiger partial charge is 0.501 e. The fraction of sp³-hybridized carbons (Fsp3) is 0.265. The standard InChI is InChI=1S/C27H19N2O.C22H32NSi.Ir/c1-17-9-7-10-18(2)25(17)29-23-15-5-4-14-22(23)28-27(29)21-13-8-12-20-19-11-3-6-16-24(19)30-26(20)21;1-16(2)13-18-14-20(23-15-21(18)24(6,7)8)17-9-11-19(12-10-17)22(3,4)5;/h3-12,14-16H,1-2H3;9,11-12,14-16H,13H2,1-8H3;/q2*-1;. The molecule has 1 radical (unpaired) electrons. The first-order chi connectivity index (χ1) is 25.7. The zero-order chi connectivity index (χ0) is 38.4. The van der Waals surface area contributed by atoms with Crippen LogP contribution in [0.5, 0.6) is 0 Å². The van der Waals surface area contributed by atoms with Gasteiger partial charge in [0.2, 0.25) is 0 Å². The maximum absolute atomic E-state index is 6.30. The molecule has 0 aliphatic carbocycles. The van der Waals surface area contributed by atoms with E-state index in [0.29, 0.717) is 5.92 Å². The van der Waals surface area contributed by atoms with Gasteiger partial charge in [-0.1, -0.05) is 125 Å². The van der Waals surface area contributed by atoms with E-state index >= 15 is 0 Å². The molecule has 0 aliphatic rings. The number of fused-ring (bicyclic) bond motifs is 4. The van der Waals surface area contributed by atoms with Crippen LogP contribution in [0.3, 0.4) is 0 Å². The van der Waals surface area contributed by atoms with Crippen LogP contribution in [-0.2, 0) is 31.9 Å². The molecule has 8 rings (SSSR count). The number of rotatable bonds is 6. The van der Waals surface area contributed by atoms with E-state index in [-0.39, 0.29) is 25.5 Å². The summed E-state index contributed by atoms with van der Waals surface area (Å²) in [5, 5.41) is 3.68. The van der Waals surface area contributed by atoms with Crippen molar-refractivity contribution in [1.29, 1.82) is 0 Å². The molecule has 0 amide bonds. The Balaban J connectivity index is 0.000000189. The quantitative estimate of drug-likeness (QED) is 0.123. The summed E-state index contributed by atoms with van der Waals surface area (Å²) in [6, 6.07) is 42.5. The fourth-order valence-corrected chi connectivity index (χ4v) is 9.00. The van der Waals surface area contributed by atoms with Crippen LogP contribution in [-0.4, -0.2) is 22.6 Å². The maximum atomic E-state index is 6.30. The Labute approximate surface area is 341 Å². The SMILES string of the molecule is CC(C)Cc1cc(-c2[c-]cc(C(C)(C)C)cc2)ncc1[Si](C)(C)C.Cc1cccc(C)c1-n1c(-c2[c-]ccc3c2oc2ccccc23)nc2ccccc21.[Ir]. The second-order valence-electron chi connectivity index (χ2n) is 17.0. The van der Waals surface area contributed by atoms with Gasteiger partial charge in [-0.25, -0.2) is 0 Å². The van der Waals surface area contributed by atoms with Crippen LogP contribution in [0, 0.1) is 31.9 Å². The Morgan fingerprint density at radius 2 is 1.53 bits per heavy atom. The van der Waals surface area contributed by atoms with Crippen LogP contribution >= 0.6 is 0 Å². The molecular formula is C49H51IrN3OSi-2. The smallest absolute Gasteiger partial charge is 0.120 e. The molecule has 6 heteroatoms. The van der Waals surface area contributed by atoms with Crippen molar-refractivity contribution in [2.24, 2.45) is 5.92 Å². The molecule has 0 saturated carbocycles. The van der Waals surface area contributed by atoms with Crippen LogP contribution in [0.2, 0.25) is 19.6 Å². The van der Waals surface area contributed by atoms with Gasteiger partial charge in [-0.3, -0.25) is 4.98 Å². The molecule has 3 aromatic heterocycles. The van der Waals surface area contributed by atoms with Gasteiger partial charge in [-0.2, -0.15) is 0 Å². The number of aryl methyl sites for hydroxylation is 2. The molecule has 0 fully saturated rings. The third-order valence-corrected chi connectivity index (χ3v) is 12.2. The number of hydrogen-bond donors (Lipinski definition) is 0. The van der Waals surface area contributed by atoms with Gasteiger partial charge in [-0.15, -0.1) is 53.6 Å². The summed E-state index contributed by atoms with van der Waals surface area (Å²) in [5.41, 5.74) is 13.3. The predicted molar refractivity (Wildman–Crippen MR) is 231 cm³/mol. The summed E-state index contributed by atoms with van der Waals surface area (Å²) < 4.78 is 8.55. The molecule has 3 heterocycles. The number of imidazole rings is 1. The molecule has 4 nitrogen and oxygen atoms in total. The van der Waals surface area contributed by atoms with Gasteiger partial charge in [0.15, 0.2) is 0 Å². The van der Waals surface area contributed by atoms with Crippen LogP contribution in [0.25, 0.3) is 61.3 Å². The number of benzene rings is 5. The first kappa shape index (κ1) is 40.1. The predicted octanol–water partition coefficient (Wildman–Crippen LogP) is 12.6. The Kier molecular flexibility index (Phi) is 11.6. The summed E-state index contributed by atoms with van der Waals surface area (Å²) in [7, 11) is -1.38. The Bertz CT molecular complexity index is 2580. The van der Waals surface area contributed by atoms with Gasteiger partial charge < -0.3 is 14.0 Å². The van der Waals surface area contributed by atoms with Crippen molar-refractivity contribution < 1.29 is 24.5 Å². The number of para-hydroxylation sites is 4. The van der Waals surface area contributed by atoms with Crippen molar-refractivity contribution >= 4 is 46.2 Å². The topological polar surface area (TPSA) is 43.9 Å². The second kappa shape index (κ2) is 15.9. The molecule has 0 saturated heterocycles.